The molecule has 2 aliphatic rings. The predicted molar refractivity (Wildman–Crippen MR) is 281 cm³/mol. The molecule has 4 heteroatoms. The van der Waals surface area contributed by atoms with Crippen molar-refractivity contribution in [3.8, 4) is 33.4 Å². The second-order valence-corrected chi connectivity index (χ2v) is 18.1. The van der Waals surface area contributed by atoms with Gasteiger partial charge in [-0.3, -0.25) is 0 Å². The van der Waals surface area contributed by atoms with Gasteiger partial charge in [0.1, 0.15) is 17.5 Å². The van der Waals surface area contributed by atoms with Gasteiger partial charge in [-0.25, -0.2) is 13.2 Å². The lowest BCUT2D eigenvalue weighted by Crippen LogP contribution is -2.29. The van der Waals surface area contributed by atoms with Crippen LogP contribution in [0.25, 0.3) is 45.5 Å². The fourth-order valence-corrected chi connectivity index (χ4v) is 11.5. The Balaban J connectivity index is 1.13. The lowest BCUT2D eigenvalue weighted by molar-refractivity contribution is 0.620. The van der Waals surface area contributed by atoms with E-state index in [9.17, 15) is 4.39 Å². The molecule has 334 valence electrons. The zero-order valence-electron chi connectivity index (χ0n) is 38.1. The number of hydrogen-bond donors (Lipinski definition) is 0. The van der Waals surface area contributed by atoms with E-state index in [4.69, 9.17) is 0 Å². The van der Waals surface area contributed by atoms with Crippen LogP contribution < -0.4 is 4.90 Å². The van der Waals surface area contributed by atoms with Crippen LogP contribution in [0.3, 0.4) is 0 Å². The molecule has 0 radical (unpaired) electrons. The van der Waals surface area contributed by atoms with E-state index in [2.05, 4.69) is 176 Å². The zero-order chi connectivity index (χ0) is 47.6. The summed E-state index contributed by atoms with van der Waals surface area (Å²) in [4.78, 5) is 2.27. The molecule has 0 N–H and O–H groups in total. The first kappa shape index (κ1) is 42.6. The molecule has 12 rings (SSSR count). The molecule has 2 unspecified atom stereocenters. The minimum atomic E-state index is -0.897. The van der Waals surface area contributed by atoms with Crippen LogP contribution in [0.2, 0.25) is 0 Å². The molecule has 1 nitrogen and oxygen atoms in total. The molecule has 0 aliphatic heterocycles. The molecule has 0 heterocycles. The Labute approximate surface area is 406 Å². The highest BCUT2D eigenvalue weighted by molar-refractivity contribution is 5.92. The normalized spacial score (nSPS) is 16.2. The van der Waals surface area contributed by atoms with Gasteiger partial charge < -0.3 is 4.90 Å². The molecule has 2 atom stereocenters. The summed E-state index contributed by atoms with van der Waals surface area (Å²) in [5, 5.41) is 0. The van der Waals surface area contributed by atoms with E-state index in [-0.39, 0.29) is 17.5 Å². The highest BCUT2D eigenvalue weighted by Gasteiger charge is 2.48. The maximum absolute atomic E-state index is 15.7. The van der Waals surface area contributed by atoms with Crippen molar-refractivity contribution in [3.63, 3.8) is 0 Å². The predicted octanol–water partition coefficient (Wildman–Crippen LogP) is 17.3. The Bertz CT molecular complexity index is 3470. The van der Waals surface area contributed by atoms with Crippen LogP contribution in [0.5, 0.6) is 0 Å². The van der Waals surface area contributed by atoms with E-state index >= 15 is 8.78 Å². The highest BCUT2D eigenvalue weighted by atomic mass is 19.1. The van der Waals surface area contributed by atoms with Gasteiger partial charge in [-0.2, -0.15) is 0 Å². The molecule has 70 heavy (non-hydrogen) atoms. The smallest absolute Gasteiger partial charge is 0.123 e. The average Bonchev–Trinajstić information content (AvgIpc) is 3.87. The molecular weight excluding hydrogens is 864 g/mol. The summed E-state index contributed by atoms with van der Waals surface area (Å²) in [6.45, 7) is 8.06. The Morgan fingerprint density at radius 1 is 0.314 bits per heavy atom. The van der Waals surface area contributed by atoms with E-state index in [1.54, 1.807) is 36.4 Å². The van der Waals surface area contributed by atoms with Gasteiger partial charge >= 0.3 is 0 Å². The molecule has 0 saturated carbocycles. The fourth-order valence-electron chi connectivity index (χ4n) is 11.5. The topological polar surface area (TPSA) is 3.24 Å². The molecule has 10 aromatic carbocycles. The van der Waals surface area contributed by atoms with Gasteiger partial charge in [-0.05, 0) is 162 Å². The van der Waals surface area contributed by atoms with Crippen molar-refractivity contribution < 1.29 is 13.2 Å². The second kappa shape index (κ2) is 16.8. The van der Waals surface area contributed by atoms with Gasteiger partial charge in [-0.1, -0.05) is 183 Å². The van der Waals surface area contributed by atoms with Gasteiger partial charge in [0, 0.05) is 17.1 Å². The molecule has 0 bridgehead atoms. The van der Waals surface area contributed by atoms with Crippen molar-refractivity contribution in [2.45, 2.75) is 10.8 Å². The highest BCUT2D eigenvalue weighted by Crippen LogP contribution is 2.60. The van der Waals surface area contributed by atoms with E-state index < -0.39 is 10.8 Å². The van der Waals surface area contributed by atoms with Crippen molar-refractivity contribution >= 4 is 29.2 Å². The number of anilines is 3. The summed E-state index contributed by atoms with van der Waals surface area (Å²) in [6.07, 6.45) is 3.67. The van der Waals surface area contributed by atoms with Crippen LogP contribution >= 0.6 is 0 Å². The van der Waals surface area contributed by atoms with Crippen molar-refractivity contribution in [2.24, 2.45) is 0 Å². The van der Waals surface area contributed by atoms with E-state index in [0.717, 1.165) is 106 Å². The summed E-state index contributed by atoms with van der Waals surface area (Å²) in [7, 11) is 0. The van der Waals surface area contributed by atoms with Gasteiger partial charge in [0.25, 0.3) is 0 Å². The number of fused-ring (bicyclic) bond motifs is 6. The molecule has 0 spiro atoms. The van der Waals surface area contributed by atoms with Crippen LogP contribution in [0.15, 0.2) is 244 Å². The molecule has 0 saturated heterocycles. The Morgan fingerprint density at radius 3 is 1.14 bits per heavy atom. The van der Waals surface area contributed by atoms with Crippen LogP contribution in [0, 0.1) is 17.5 Å². The zero-order valence-corrected chi connectivity index (χ0v) is 38.1. The first-order valence-corrected chi connectivity index (χ1v) is 23.4. The van der Waals surface area contributed by atoms with Crippen LogP contribution in [-0.4, -0.2) is 0 Å². The van der Waals surface area contributed by atoms with Crippen molar-refractivity contribution in [1.82, 2.24) is 0 Å². The van der Waals surface area contributed by atoms with Gasteiger partial charge in [0.15, 0.2) is 0 Å². The Morgan fingerprint density at radius 2 is 0.714 bits per heavy atom. The first-order valence-electron chi connectivity index (χ1n) is 23.4. The van der Waals surface area contributed by atoms with Crippen molar-refractivity contribution in [3.05, 3.63) is 317 Å². The third-order valence-corrected chi connectivity index (χ3v) is 14.6. The van der Waals surface area contributed by atoms with Crippen LogP contribution in [-0.2, 0) is 10.8 Å². The molecule has 0 amide bonds. The van der Waals surface area contributed by atoms with Gasteiger partial charge in [-0.15, -0.1) is 0 Å². The van der Waals surface area contributed by atoms with E-state index in [1.807, 2.05) is 24.3 Å². The summed E-state index contributed by atoms with van der Waals surface area (Å²) in [5.74, 6) is -0.921. The standard InChI is InChI=1S/C66H44F3N/c1-3-43-19-27-47(28-20-43)65(49-11-9-13-52(68)39-49)61-17-7-5-15-57(61)59-37-35-55(41-63(59)65)70(54-33-25-46(26-34-54)45-23-31-51(67)32-24-45)56-36-38-60-58-16-6-8-18-62(58)66(64(60)42-56,50-12-10-14-53(69)40-50)48-29-21-44(4-2)22-30-48/h3-42H,1-2H2. The third-order valence-electron chi connectivity index (χ3n) is 14.6. The molecule has 2 aliphatic carbocycles. The maximum Gasteiger partial charge on any atom is 0.123 e. The maximum atomic E-state index is 15.7. The number of halogens is 3. The molecule has 0 fully saturated rings. The van der Waals surface area contributed by atoms with Crippen molar-refractivity contribution in [1.29, 1.82) is 0 Å². The van der Waals surface area contributed by atoms with Crippen LogP contribution in [0.1, 0.15) is 55.6 Å². The Hall–Kier alpha value is -8.73. The summed E-state index contributed by atoms with van der Waals surface area (Å²) < 4.78 is 45.5. The van der Waals surface area contributed by atoms with Crippen molar-refractivity contribution in [2.75, 3.05) is 4.90 Å². The Kier molecular flexibility index (Phi) is 10.2. The quantitative estimate of drug-likeness (QED) is 0.132. The van der Waals surface area contributed by atoms with Gasteiger partial charge in [0.2, 0.25) is 0 Å². The summed E-state index contributed by atoms with van der Waals surface area (Å²) in [6, 6.07) is 75.8. The fraction of sp³-hybridized carbons (Fsp3) is 0.0303. The lowest BCUT2D eigenvalue weighted by Gasteiger charge is -2.36. The monoisotopic (exact) mass is 907 g/mol. The molecule has 0 aromatic heterocycles. The largest absolute Gasteiger partial charge is 0.310 e. The number of nitrogens with zero attached hydrogens (tertiary/aromatic N) is 1. The summed E-state index contributed by atoms with van der Waals surface area (Å²) >= 11 is 0. The average molecular weight is 908 g/mol. The van der Waals surface area contributed by atoms with E-state index in [1.165, 1.54) is 24.3 Å². The lowest BCUT2D eigenvalue weighted by atomic mass is 9.67. The van der Waals surface area contributed by atoms with Crippen LogP contribution in [0.4, 0.5) is 30.2 Å². The minimum absolute atomic E-state index is 0.291. The van der Waals surface area contributed by atoms with Gasteiger partial charge in [0.05, 0.1) is 10.8 Å². The molecule has 10 aromatic rings. The minimum Gasteiger partial charge on any atom is -0.310 e. The summed E-state index contributed by atoms with van der Waals surface area (Å²) in [5.41, 5.74) is 16.7. The number of benzene rings is 10. The number of rotatable bonds is 10. The third kappa shape index (κ3) is 6.55. The SMILES string of the molecule is C=Cc1ccc(C2(c3cccc(F)c3)c3ccccc3-c3ccc(N(c4ccc(-c5ccc(F)cc5)cc4)c4ccc5c(c4)C(c4ccc(C=C)cc4)(c4cccc(F)c4)c4ccccc4-5)cc32)cc1. The second-order valence-electron chi connectivity index (χ2n) is 18.1. The number of hydrogen-bond acceptors (Lipinski definition) is 1. The molecular formula is C66H44F3N. The first-order chi connectivity index (χ1) is 34.3. The van der Waals surface area contributed by atoms with E-state index in [0.29, 0.717) is 0 Å².